The Morgan fingerprint density at radius 2 is 2.00 bits per heavy atom. The number of halogens is 1. The van der Waals surface area contributed by atoms with Crippen LogP contribution in [-0.2, 0) is 6.54 Å². The molecule has 0 saturated heterocycles. The molecule has 1 aliphatic carbocycles. The smallest absolute Gasteiger partial charge is 0.322 e. The van der Waals surface area contributed by atoms with Crippen LogP contribution in [0.4, 0.5) is 14.9 Å². The maximum absolute atomic E-state index is 13.4. The Balaban J connectivity index is 1.48. The molecule has 1 fully saturated rings. The topological polar surface area (TPSA) is 50.8 Å². The highest BCUT2D eigenvalue weighted by Gasteiger charge is 2.32. The van der Waals surface area contributed by atoms with Crippen LogP contribution in [-0.4, -0.2) is 23.8 Å². The van der Waals surface area contributed by atoms with Crippen molar-refractivity contribution in [3.63, 3.8) is 0 Å². The number of nitrogens with zero attached hydrogens (tertiary/aromatic N) is 1. The molecule has 6 heteroatoms. The molecule has 5 nitrogen and oxygen atoms in total. The third-order valence-corrected chi connectivity index (χ3v) is 4.11. The fraction of sp³-hybridized carbons (Fsp3) is 0.278. The molecule has 0 radical (unpaired) electrons. The van der Waals surface area contributed by atoms with E-state index in [4.69, 9.17) is 9.47 Å². The largest absolute Gasteiger partial charge is 0.454 e. The van der Waals surface area contributed by atoms with Gasteiger partial charge < -0.3 is 19.7 Å². The van der Waals surface area contributed by atoms with Gasteiger partial charge in [-0.05, 0) is 42.7 Å². The quantitative estimate of drug-likeness (QED) is 0.930. The van der Waals surface area contributed by atoms with Gasteiger partial charge in [0, 0.05) is 24.3 Å². The fourth-order valence-electron chi connectivity index (χ4n) is 2.75. The summed E-state index contributed by atoms with van der Waals surface area (Å²) in [7, 11) is 0. The third-order valence-electron chi connectivity index (χ3n) is 4.11. The van der Waals surface area contributed by atoms with Crippen LogP contribution in [0, 0.1) is 5.82 Å². The fourth-order valence-corrected chi connectivity index (χ4v) is 2.75. The average molecular weight is 328 g/mol. The van der Waals surface area contributed by atoms with E-state index in [1.54, 1.807) is 29.2 Å². The van der Waals surface area contributed by atoms with Crippen LogP contribution in [0.15, 0.2) is 42.5 Å². The van der Waals surface area contributed by atoms with E-state index in [9.17, 15) is 9.18 Å². The highest BCUT2D eigenvalue weighted by Crippen LogP contribution is 2.35. The number of anilines is 1. The Morgan fingerprint density at radius 3 is 2.79 bits per heavy atom. The number of benzene rings is 2. The van der Waals surface area contributed by atoms with Crippen molar-refractivity contribution in [2.24, 2.45) is 0 Å². The molecule has 0 spiro atoms. The molecule has 0 aromatic heterocycles. The lowest BCUT2D eigenvalue weighted by Gasteiger charge is -2.23. The summed E-state index contributed by atoms with van der Waals surface area (Å²) in [5.41, 5.74) is 1.43. The normalized spacial score (nSPS) is 15.2. The van der Waals surface area contributed by atoms with Crippen molar-refractivity contribution in [1.29, 1.82) is 0 Å². The summed E-state index contributed by atoms with van der Waals surface area (Å²) in [6.07, 6.45) is 1.95. The van der Waals surface area contributed by atoms with Gasteiger partial charge in [0.15, 0.2) is 11.5 Å². The van der Waals surface area contributed by atoms with Gasteiger partial charge >= 0.3 is 6.03 Å². The van der Waals surface area contributed by atoms with Crippen LogP contribution in [0.3, 0.4) is 0 Å². The number of carbonyl (C=O) groups is 1. The first-order valence-corrected chi connectivity index (χ1v) is 7.91. The van der Waals surface area contributed by atoms with E-state index < -0.39 is 0 Å². The van der Waals surface area contributed by atoms with Crippen molar-refractivity contribution >= 4 is 11.7 Å². The molecule has 1 heterocycles. The van der Waals surface area contributed by atoms with Crippen molar-refractivity contribution in [2.45, 2.75) is 25.4 Å². The molecule has 2 amide bonds. The number of ether oxygens (including phenoxy) is 2. The zero-order valence-electron chi connectivity index (χ0n) is 13.0. The standard InChI is InChI=1S/C18H17FN2O3/c19-13-3-1-2-12(8-13)10-21(15-5-6-15)18(22)20-14-4-7-16-17(9-14)24-11-23-16/h1-4,7-9,15H,5-6,10-11H2,(H,20,22). The Bertz CT molecular complexity index is 777. The summed E-state index contributed by atoms with van der Waals surface area (Å²) in [4.78, 5) is 14.4. The molecule has 0 atom stereocenters. The maximum atomic E-state index is 13.4. The van der Waals surface area contributed by atoms with Gasteiger partial charge in [-0.3, -0.25) is 0 Å². The van der Waals surface area contributed by atoms with Gasteiger partial charge in [-0.15, -0.1) is 0 Å². The number of carbonyl (C=O) groups excluding carboxylic acids is 1. The second-order valence-electron chi connectivity index (χ2n) is 5.99. The van der Waals surface area contributed by atoms with Crippen LogP contribution >= 0.6 is 0 Å². The lowest BCUT2D eigenvalue weighted by molar-refractivity contribution is 0.174. The van der Waals surface area contributed by atoms with Gasteiger partial charge in [0.25, 0.3) is 0 Å². The molecule has 2 aliphatic rings. The Hall–Kier alpha value is -2.76. The Labute approximate surface area is 139 Å². The Kier molecular flexibility index (Phi) is 3.72. The molecule has 2 aromatic rings. The lowest BCUT2D eigenvalue weighted by Crippen LogP contribution is -2.36. The van der Waals surface area contributed by atoms with E-state index >= 15 is 0 Å². The predicted molar refractivity (Wildman–Crippen MR) is 86.5 cm³/mol. The van der Waals surface area contributed by atoms with Crippen molar-refractivity contribution in [1.82, 2.24) is 4.90 Å². The third kappa shape index (κ3) is 3.13. The lowest BCUT2D eigenvalue weighted by atomic mass is 10.2. The number of hydrogen-bond acceptors (Lipinski definition) is 3. The van der Waals surface area contributed by atoms with Crippen molar-refractivity contribution in [2.75, 3.05) is 12.1 Å². The second kappa shape index (κ2) is 6.03. The van der Waals surface area contributed by atoms with E-state index in [1.807, 2.05) is 6.07 Å². The zero-order chi connectivity index (χ0) is 16.5. The first-order chi connectivity index (χ1) is 11.7. The van der Waals surface area contributed by atoms with Crippen molar-refractivity contribution in [3.05, 3.63) is 53.8 Å². The van der Waals surface area contributed by atoms with Crippen molar-refractivity contribution in [3.8, 4) is 11.5 Å². The summed E-state index contributed by atoms with van der Waals surface area (Å²) in [6.45, 7) is 0.583. The number of fused-ring (bicyclic) bond motifs is 1. The zero-order valence-corrected chi connectivity index (χ0v) is 13.0. The monoisotopic (exact) mass is 328 g/mol. The molecular formula is C18H17FN2O3. The summed E-state index contributed by atoms with van der Waals surface area (Å²) in [5, 5.41) is 2.89. The van der Waals surface area contributed by atoms with Crippen LogP contribution in [0.2, 0.25) is 0 Å². The van der Waals surface area contributed by atoms with Gasteiger partial charge in [0.05, 0.1) is 0 Å². The van der Waals surface area contributed by atoms with Gasteiger partial charge in [-0.2, -0.15) is 0 Å². The highest BCUT2D eigenvalue weighted by atomic mass is 19.1. The van der Waals surface area contributed by atoms with Crippen molar-refractivity contribution < 1.29 is 18.7 Å². The Morgan fingerprint density at radius 1 is 1.17 bits per heavy atom. The van der Waals surface area contributed by atoms with E-state index in [2.05, 4.69) is 5.32 Å². The number of urea groups is 1. The first-order valence-electron chi connectivity index (χ1n) is 7.91. The van der Waals surface area contributed by atoms with E-state index in [1.165, 1.54) is 12.1 Å². The highest BCUT2D eigenvalue weighted by molar-refractivity contribution is 5.90. The molecule has 4 rings (SSSR count). The van der Waals surface area contributed by atoms with Crippen LogP contribution in [0.5, 0.6) is 11.5 Å². The van der Waals surface area contributed by atoms with E-state index in [0.717, 1.165) is 18.4 Å². The number of hydrogen-bond donors (Lipinski definition) is 1. The number of amides is 2. The maximum Gasteiger partial charge on any atom is 0.322 e. The summed E-state index contributed by atoms with van der Waals surface area (Å²) in [5.74, 6) is 1.00. The SMILES string of the molecule is O=C(Nc1ccc2c(c1)OCO2)N(Cc1cccc(F)c1)C1CC1. The average Bonchev–Trinajstić information content (AvgIpc) is 3.30. The number of nitrogens with one attached hydrogen (secondary N) is 1. The van der Waals surface area contributed by atoms with Gasteiger partial charge in [-0.25, -0.2) is 9.18 Å². The minimum absolute atomic E-state index is 0.194. The van der Waals surface area contributed by atoms with Gasteiger partial charge in [-0.1, -0.05) is 12.1 Å². The summed E-state index contributed by atoms with van der Waals surface area (Å²) in [6, 6.07) is 11.7. The molecule has 124 valence electrons. The molecular weight excluding hydrogens is 311 g/mol. The van der Waals surface area contributed by atoms with Gasteiger partial charge in [0.2, 0.25) is 6.79 Å². The minimum atomic E-state index is -0.292. The molecule has 1 aliphatic heterocycles. The molecule has 0 bridgehead atoms. The first kappa shape index (κ1) is 14.8. The number of rotatable bonds is 4. The molecule has 1 N–H and O–H groups in total. The molecule has 1 saturated carbocycles. The van der Waals surface area contributed by atoms with Crippen LogP contribution < -0.4 is 14.8 Å². The van der Waals surface area contributed by atoms with Gasteiger partial charge in [0.1, 0.15) is 5.82 Å². The molecule has 2 aromatic carbocycles. The molecule has 24 heavy (non-hydrogen) atoms. The van der Waals surface area contributed by atoms with E-state index in [0.29, 0.717) is 23.7 Å². The minimum Gasteiger partial charge on any atom is -0.454 e. The summed E-state index contributed by atoms with van der Waals surface area (Å²) < 4.78 is 23.9. The predicted octanol–water partition coefficient (Wildman–Crippen LogP) is 3.75. The summed E-state index contributed by atoms with van der Waals surface area (Å²) >= 11 is 0. The van der Waals surface area contributed by atoms with E-state index in [-0.39, 0.29) is 24.7 Å². The molecule has 0 unspecified atom stereocenters. The second-order valence-corrected chi connectivity index (χ2v) is 5.99. The van der Waals surface area contributed by atoms with Crippen LogP contribution in [0.25, 0.3) is 0 Å². The van der Waals surface area contributed by atoms with Crippen LogP contribution in [0.1, 0.15) is 18.4 Å².